The summed E-state index contributed by atoms with van der Waals surface area (Å²) in [6.45, 7) is 0.761. The maximum absolute atomic E-state index is 5.47. The molecule has 16 heavy (non-hydrogen) atoms. The van der Waals surface area contributed by atoms with Gasteiger partial charge in [-0.1, -0.05) is 35.5 Å². The summed E-state index contributed by atoms with van der Waals surface area (Å²) in [6, 6.07) is 9.83. The van der Waals surface area contributed by atoms with Crippen molar-refractivity contribution in [1.29, 1.82) is 0 Å². The van der Waals surface area contributed by atoms with Gasteiger partial charge in [-0.15, -0.1) is 0 Å². The quantitative estimate of drug-likeness (QED) is 0.936. The van der Waals surface area contributed by atoms with Gasteiger partial charge in [0.1, 0.15) is 16.8 Å². The van der Waals surface area contributed by atoms with Crippen LogP contribution in [0.1, 0.15) is 11.3 Å². The van der Waals surface area contributed by atoms with Crippen molar-refractivity contribution in [3.05, 3.63) is 46.1 Å². The predicted molar refractivity (Wildman–Crippen MR) is 62.9 cm³/mol. The molecule has 5 heteroatoms. The first-order valence-corrected chi connectivity index (χ1v) is 5.61. The lowest BCUT2D eigenvalue weighted by atomic mass is 10.2. The number of ether oxygens (including phenoxy) is 1. The Morgan fingerprint density at radius 1 is 1.31 bits per heavy atom. The van der Waals surface area contributed by atoms with E-state index in [9.17, 15) is 0 Å². The number of nitrogens with two attached hydrogens (primary N) is 1. The molecule has 2 N–H and O–H groups in total. The summed E-state index contributed by atoms with van der Waals surface area (Å²) in [4.78, 5) is 0. The van der Waals surface area contributed by atoms with E-state index in [0.717, 1.165) is 5.56 Å². The van der Waals surface area contributed by atoms with Gasteiger partial charge < -0.3 is 15.0 Å². The highest BCUT2D eigenvalue weighted by Gasteiger charge is 2.13. The van der Waals surface area contributed by atoms with Crippen LogP contribution in [0.2, 0.25) is 0 Å². The third-order valence-electron chi connectivity index (χ3n) is 2.08. The van der Waals surface area contributed by atoms with E-state index in [4.69, 9.17) is 15.0 Å². The van der Waals surface area contributed by atoms with Crippen LogP contribution in [0.3, 0.4) is 0 Å². The van der Waals surface area contributed by atoms with Gasteiger partial charge in [-0.25, -0.2) is 0 Å². The summed E-state index contributed by atoms with van der Waals surface area (Å²) in [7, 11) is 0. The van der Waals surface area contributed by atoms with Crippen LogP contribution < -0.4 is 10.5 Å². The molecule has 0 saturated carbocycles. The number of nitrogens with zero attached hydrogens (tertiary/aromatic N) is 1. The molecule has 0 aliphatic heterocycles. The molecule has 0 atom stereocenters. The molecule has 0 saturated heterocycles. The van der Waals surface area contributed by atoms with Gasteiger partial charge in [0.2, 0.25) is 0 Å². The van der Waals surface area contributed by atoms with Crippen LogP contribution in [0, 0.1) is 0 Å². The smallest absolute Gasteiger partial charge is 0.326 e. The van der Waals surface area contributed by atoms with E-state index < -0.39 is 0 Å². The number of hydrogen-bond donors (Lipinski definition) is 1. The molecule has 0 amide bonds. The number of hydrogen-bond acceptors (Lipinski definition) is 4. The minimum absolute atomic E-state index is 0.318. The Hall–Kier alpha value is -1.33. The molecule has 84 valence electrons. The van der Waals surface area contributed by atoms with E-state index in [2.05, 4.69) is 21.1 Å². The molecular weight excluding hydrogens is 272 g/mol. The van der Waals surface area contributed by atoms with Gasteiger partial charge in [-0.05, 0) is 21.5 Å². The summed E-state index contributed by atoms with van der Waals surface area (Å²) < 4.78 is 11.2. The van der Waals surface area contributed by atoms with Crippen molar-refractivity contribution in [2.75, 3.05) is 0 Å². The fraction of sp³-hybridized carbons (Fsp3) is 0.182. The maximum atomic E-state index is 5.47. The van der Waals surface area contributed by atoms with Crippen molar-refractivity contribution in [2.24, 2.45) is 5.73 Å². The molecule has 0 aliphatic carbocycles. The highest BCUT2D eigenvalue weighted by atomic mass is 79.9. The van der Waals surface area contributed by atoms with Crippen molar-refractivity contribution in [3.63, 3.8) is 0 Å². The third-order valence-corrected chi connectivity index (χ3v) is 2.86. The molecule has 0 radical (unpaired) electrons. The molecule has 0 fully saturated rings. The van der Waals surface area contributed by atoms with Gasteiger partial charge in [-0.3, -0.25) is 0 Å². The van der Waals surface area contributed by atoms with Crippen molar-refractivity contribution >= 4 is 15.9 Å². The van der Waals surface area contributed by atoms with Gasteiger partial charge in [0.05, 0.1) is 0 Å². The fourth-order valence-electron chi connectivity index (χ4n) is 1.23. The molecule has 2 aromatic rings. The first-order valence-electron chi connectivity index (χ1n) is 4.82. The number of aromatic nitrogens is 1. The number of halogens is 1. The SMILES string of the molecule is NCc1noc(OCc2ccccc2)c1Br. The lowest BCUT2D eigenvalue weighted by Gasteiger charge is -2.01. The lowest BCUT2D eigenvalue weighted by molar-refractivity contribution is 0.203. The van der Waals surface area contributed by atoms with Crippen LogP contribution in [0.25, 0.3) is 0 Å². The fourth-order valence-corrected chi connectivity index (χ4v) is 1.66. The number of rotatable bonds is 4. The summed E-state index contributed by atoms with van der Waals surface area (Å²) in [5, 5.41) is 3.77. The van der Waals surface area contributed by atoms with Crippen molar-refractivity contribution in [3.8, 4) is 5.95 Å². The van der Waals surface area contributed by atoms with Gasteiger partial charge >= 0.3 is 5.95 Å². The Morgan fingerprint density at radius 3 is 2.69 bits per heavy atom. The first kappa shape index (κ1) is 11.2. The van der Waals surface area contributed by atoms with Crippen LogP contribution in [-0.4, -0.2) is 5.16 Å². The largest absolute Gasteiger partial charge is 0.458 e. The highest BCUT2D eigenvalue weighted by Crippen LogP contribution is 2.28. The second-order valence-electron chi connectivity index (χ2n) is 3.21. The number of benzene rings is 1. The normalized spacial score (nSPS) is 10.4. The topological polar surface area (TPSA) is 61.3 Å². The summed E-state index contributed by atoms with van der Waals surface area (Å²) in [5.74, 6) is 0.365. The Labute approximate surface area is 102 Å². The summed E-state index contributed by atoms with van der Waals surface area (Å²) >= 11 is 3.32. The van der Waals surface area contributed by atoms with E-state index in [-0.39, 0.29) is 0 Å². The Morgan fingerprint density at radius 2 is 2.06 bits per heavy atom. The average molecular weight is 283 g/mol. The van der Waals surface area contributed by atoms with E-state index in [1.807, 2.05) is 30.3 Å². The van der Waals surface area contributed by atoms with Crippen molar-refractivity contribution in [1.82, 2.24) is 5.16 Å². The maximum Gasteiger partial charge on any atom is 0.326 e. The Kier molecular flexibility index (Phi) is 3.58. The van der Waals surface area contributed by atoms with E-state index >= 15 is 0 Å². The Bertz CT molecular complexity index is 456. The standard InChI is InChI=1S/C11H11BrN2O2/c12-10-9(6-13)14-16-11(10)15-7-8-4-2-1-3-5-8/h1-5H,6-7,13H2. The predicted octanol–water partition coefficient (Wildman–Crippen LogP) is 2.47. The minimum Gasteiger partial charge on any atom is -0.458 e. The summed E-state index contributed by atoms with van der Waals surface area (Å²) in [6.07, 6.45) is 0. The third kappa shape index (κ3) is 2.43. The van der Waals surface area contributed by atoms with Gasteiger partial charge in [0.25, 0.3) is 0 Å². The zero-order valence-corrected chi connectivity index (χ0v) is 10.1. The van der Waals surface area contributed by atoms with Crippen molar-refractivity contribution < 1.29 is 9.26 Å². The lowest BCUT2D eigenvalue weighted by Crippen LogP contribution is -1.97. The molecule has 1 heterocycles. The molecular formula is C11H11BrN2O2. The van der Waals surface area contributed by atoms with Crippen LogP contribution in [0.4, 0.5) is 0 Å². The van der Waals surface area contributed by atoms with E-state index in [0.29, 0.717) is 29.3 Å². The van der Waals surface area contributed by atoms with E-state index in [1.54, 1.807) is 0 Å². The van der Waals surface area contributed by atoms with Gasteiger partial charge in [-0.2, -0.15) is 0 Å². The zero-order valence-electron chi connectivity index (χ0n) is 8.52. The molecule has 0 unspecified atom stereocenters. The molecule has 4 nitrogen and oxygen atoms in total. The molecule has 0 spiro atoms. The molecule has 0 aliphatic rings. The van der Waals surface area contributed by atoms with Crippen molar-refractivity contribution in [2.45, 2.75) is 13.2 Å². The second kappa shape index (κ2) is 5.14. The van der Waals surface area contributed by atoms with Crippen LogP contribution >= 0.6 is 15.9 Å². The van der Waals surface area contributed by atoms with Gasteiger partial charge in [0.15, 0.2) is 0 Å². The van der Waals surface area contributed by atoms with E-state index in [1.165, 1.54) is 0 Å². The first-order chi connectivity index (χ1) is 7.81. The average Bonchev–Trinajstić information content (AvgIpc) is 2.69. The zero-order chi connectivity index (χ0) is 11.4. The molecule has 2 rings (SSSR count). The van der Waals surface area contributed by atoms with Gasteiger partial charge in [0, 0.05) is 6.54 Å². The second-order valence-corrected chi connectivity index (χ2v) is 4.00. The molecule has 1 aromatic heterocycles. The minimum atomic E-state index is 0.318. The van der Waals surface area contributed by atoms with Crippen LogP contribution in [0.5, 0.6) is 5.95 Å². The Balaban J connectivity index is 2.02. The molecule has 1 aromatic carbocycles. The van der Waals surface area contributed by atoms with Crippen LogP contribution in [0.15, 0.2) is 39.3 Å². The molecule has 0 bridgehead atoms. The highest BCUT2D eigenvalue weighted by molar-refractivity contribution is 9.10. The summed E-state index contributed by atoms with van der Waals surface area (Å²) in [5.41, 5.74) is 7.19. The van der Waals surface area contributed by atoms with Crippen LogP contribution in [-0.2, 0) is 13.2 Å². The monoisotopic (exact) mass is 282 g/mol.